The zero-order valence-corrected chi connectivity index (χ0v) is 9.50. The van der Waals surface area contributed by atoms with E-state index in [1.54, 1.807) is 0 Å². The Morgan fingerprint density at radius 3 is 2.71 bits per heavy atom. The largest absolute Gasteiger partial charge is 0.400 e. The number of ether oxygens (including phenoxy) is 1. The van der Waals surface area contributed by atoms with Gasteiger partial charge >= 0.3 is 5.69 Å². The maximum atomic E-state index is 11.4. The van der Waals surface area contributed by atoms with Gasteiger partial charge in [-0.25, -0.2) is 4.79 Å². The molecule has 2 heterocycles. The molecule has 0 aliphatic carbocycles. The van der Waals surface area contributed by atoms with E-state index < -0.39 is 11.2 Å². The van der Waals surface area contributed by atoms with E-state index in [1.807, 2.05) is 0 Å². The monoisotopic (exact) mass is 244 g/mol. The van der Waals surface area contributed by atoms with Crippen molar-refractivity contribution >= 4 is 0 Å². The fraction of sp³-hybridized carbons (Fsp3) is 0.600. The van der Waals surface area contributed by atoms with Crippen LogP contribution in [0, 0.1) is 0 Å². The SMILES string of the molecule is CO.O=c1ccn(C2CC[C@@H](CO)O2)c(=O)[nH]1. The standard InChI is InChI=1S/C9H12N2O4.CH4O/c12-5-6-1-2-8(15-6)11-4-3-7(13)10-9(11)14;1-2/h3-4,6,8,12H,1-2,5H2,(H,10,13,14);2H,1H3/t6-,8?;/m0./s1. The highest BCUT2D eigenvalue weighted by atomic mass is 16.5. The summed E-state index contributed by atoms with van der Waals surface area (Å²) in [5.74, 6) is 0. The smallest absolute Gasteiger partial charge is 0.330 e. The maximum absolute atomic E-state index is 11.4. The van der Waals surface area contributed by atoms with Crippen molar-refractivity contribution in [1.82, 2.24) is 9.55 Å². The van der Waals surface area contributed by atoms with Crippen molar-refractivity contribution in [3.05, 3.63) is 33.1 Å². The van der Waals surface area contributed by atoms with Gasteiger partial charge in [-0.1, -0.05) is 0 Å². The third-order valence-corrected chi connectivity index (χ3v) is 2.45. The number of H-pyrrole nitrogens is 1. The summed E-state index contributed by atoms with van der Waals surface area (Å²) in [4.78, 5) is 24.4. The molecule has 1 aliphatic rings. The van der Waals surface area contributed by atoms with Crippen LogP contribution in [0.1, 0.15) is 19.1 Å². The molecule has 1 unspecified atom stereocenters. The number of rotatable bonds is 2. The lowest BCUT2D eigenvalue weighted by molar-refractivity contribution is -0.0246. The van der Waals surface area contributed by atoms with Gasteiger partial charge < -0.3 is 14.9 Å². The lowest BCUT2D eigenvalue weighted by Crippen LogP contribution is -2.31. The molecule has 1 aromatic rings. The van der Waals surface area contributed by atoms with E-state index in [-0.39, 0.29) is 18.9 Å². The molecule has 96 valence electrons. The third kappa shape index (κ3) is 3.26. The minimum absolute atomic E-state index is 0.0470. The first-order valence-electron chi connectivity index (χ1n) is 5.23. The van der Waals surface area contributed by atoms with E-state index >= 15 is 0 Å². The summed E-state index contributed by atoms with van der Waals surface area (Å²) in [6.45, 7) is -0.0470. The average Bonchev–Trinajstić information content (AvgIpc) is 2.80. The lowest BCUT2D eigenvalue weighted by Gasteiger charge is -2.13. The number of hydrogen-bond acceptors (Lipinski definition) is 5. The van der Waals surface area contributed by atoms with Gasteiger partial charge in [-0.15, -0.1) is 0 Å². The summed E-state index contributed by atoms with van der Waals surface area (Å²) in [6.07, 6.45) is 2.19. The minimum Gasteiger partial charge on any atom is -0.400 e. The topological polar surface area (TPSA) is 105 Å². The van der Waals surface area contributed by atoms with Crippen LogP contribution in [0.15, 0.2) is 21.9 Å². The molecule has 0 saturated carbocycles. The number of aromatic nitrogens is 2. The number of hydrogen-bond donors (Lipinski definition) is 3. The molecule has 2 atom stereocenters. The van der Waals surface area contributed by atoms with Gasteiger partial charge in [0.25, 0.3) is 5.56 Å². The van der Waals surface area contributed by atoms with Gasteiger partial charge in [0.15, 0.2) is 0 Å². The lowest BCUT2D eigenvalue weighted by atomic mass is 10.2. The van der Waals surface area contributed by atoms with Crippen LogP contribution in [-0.4, -0.2) is 39.6 Å². The first-order chi connectivity index (χ1) is 8.20. The summed E-state index contributed by atoms with van der Waals surface area (Å²) < 4.78 is 6.74. The molecule has 1 aromatic heterocycles. The van der Waals surface area contributed by atoms with Crippen LogP contribution in [0.3, 0.4) is 0 Å². The molecule has 0 amide bonds. The first-order valence-corrected chi connectivity index (χ1v) is 5.23. The Hall–Kier alpha value is -1.44. The molecule has 0 spiro atoms. The molecule has 0 aromatic carbocycles. The van der Waals surface area contributed by atoms with Crippen molar-refractivity contribution in [2.45, 2.75) is 25.2 Å². The molecule has 17 heavy (non-hydrogen) atoms. The molecule has 2 rings (SSSR count). The highest BCUT2D eigenvalue weighted by molar-refractivity contribution is 4.85. The van der Waals surface area contributed by atoms with E-state index in [0.29, 0.717) is 12.8 Å². The maximum Gasteiger partial charge on any atom is 0.330 e. The van der Waals surface area contributed by atoms with Crippen molar-refractivity contribution in [3.8, 4) is 0 Å². The van der Waals surface area contributed by atoms with Crippen LogP contribution in [-0.2, 0) is 4.74 Å². The van der Waals surface area contributed by atoms with Crippen molar-refractivity contribution in [3.63, 3.8) is 0 Å². The van der Waals surface area contributed by atoms with Gasteiger partial charge in [0.2, 0.25) is 0 Å². The normalized spacial score (nSPS) is 23.0. The zero-order chi connectivity index (χ0) is 12.8. The first kappa shape index (κ1) is 13.6. The van der Waals surface area contributed by atoms with Crippen LogP contribution >= 0.6 is 0 Å². The van der Waals surface area contributed by atoms with E-state index in [2.05, 4.69) is 4.98 Å². The Labute approximate surface area is 97.3 Å². The number of aliphatic hydroxyl groups is 2. The molecule has 3 N–H and O–H groups in total. The second-order valence-electron chi connectivity index (χ2n) is 3.49. The van der Waals surface area contributed by atoms with Crippen molar-refractivity contribution in [2.75, 3.05) is 13.7 Å². The molecule has 7 nitrogen and oxygen atoms in total. The summed E-state index contributed by atoms with van der Waals surface area (Å²) in [5.41, 5.74) is -0.904. The summed E-state index contributed by atoms with van der Waals surface area (Å²) in [7, 11) is 1.00. The van der Waals surface area contributed by atoms with Crippen molar-refractivity contribution < 1.29 is 14.9 Å². The molecule has 0 radical (unpaired) electrons. The second kappa shape index (κ2) is 6.33. The van der Waals surface area contributed by atoms with Gasteiger partial charge in [0.05, 0.1) is 12.7 Å². The van der Waals surface area contributed by atoms with Crippen molar-refractivity contribution in [2.24, 2.45) is 0 Å². The van der Waals surface area contributed by atoms with Crippen molar-refractivity contribution in [1.29, 1.82) is 0 Å². The van der Waals surface area contributed by atoms with Gasteiger partial charge in [-0.05, 0) is 12.8 Å². The minimum atomic E-state index is -0.480. The van der Waals surface area contributed by atoms with E-state index in [9.17, 15) is 9.59 Å². The molecule has 1 fully saturated rings. The van der Waals surface area contributed by atoms with Crippen LogP contribution in [0.25, 0.3) is 0 Å². The molecular formula is C10H16N2O5. The van der Waals surface area contributed by atoms with Crippen LogP contribution in [0.5, 0.6) is 0 Å². The summed E-state index contributed by atoms with van der Waals surface area (Å²) in [6, 6.07) is 1.27. The van der Waals surface area contributed by atoms with Gasteiger partial charge in [-0.3, -0.25) is 14.3 Å². The number of nitrogens with zero attached hydrogens (tertiary/aromatic N) is 1. The Kier molecular flexibility index (Phi) is 5.08. The summed E-state index contributed by atoms with van der Waals surface area (Å²) in [5, 5.41) is 15.9. The molecule has 0 bridgehead atoms. The fourth-order valence-electron chi connectivity index (χ4n) is 1.68. The van der Waals surface area contributed by atoms with E-state index in [1.165, 1.54) is 16.8 Å². The molecular weight excluding hydrogens is 228 g/mol. The average molecular weight is 244 g/mol. The van der Waals surface area contributed by atoms with Crippen LogP contribution in [0.4, 0.5) is 0 Å². The third-order valence-electron chi connectivity index (χ3n) is 2.45. The molecule has 1 aliphatic heterocycles. The number of aliphatic hydroxyl groups excluding tert-OH is 2. The number of aromatic amines is 1. The molecule has 7 heteroatoms. The Balaban J connectivity index is 0.000000686. The van der Waals surface area contributed by atoms with Crippen LogP contribution < -0.4 is 11.2 Å². The zero-order valence-electron chi connectivity index (χ0n) is 9.50. The Bertz CT molecular complexity index is 452. The van der Waals surface area contributed by atoms with Crippen LogP contribution in [0.2, 0.25) is 0 Å². The van der Waals surface area contributed by atoms with Gasteiger partial charge in [0, 0.05) is 19.4 Å². The fourth-order valence-corrected chi connectivity index (χ4v) is 1.68. The van der Waals surface area contributed by atoms with Gasteiger partial charge in [-0.2, -0.15) is 0 Å². The van der Waals surface area contributed by atoms with E-state index in [4.69, 9.17) is 14.9 Å². The van der Waals surface area contributed by atoms with Gasteiger partial charge in [0.1, 0.15) is 6.23 Å². The molecule has 1 saturated heterocycles. The predicted octanol–water partition coefficient (Wildman–Crippen LogP) is -1.19. The Morgan fingerprint density at radius 1 is 1.47 bits per heavy atom. The highest BCUT2D eigenvalue weighted by Crippen LogP contribution is 2.26. The Morgan fingerprint density at radius 2 is 2.18 bits per heavy atom. The quantitative estimate of drug-likeness (QED) is 0.607. The second-order valence-corrected chi connectivity index (χ2v) is 3.49. The summed E-state index contributed by atoms with van der Waals surface area (Å²) >= 11 is 0. The number of nitrogens with one attached hydrogen (secondary N) is 1. The highest BCUT2D eigenvalue weighted by Gasteiger charge is 2.26. The predicted molar refractivity (Wildman–Crippen MR) is 59.7 cm³/mol. The van der Waals surface area contributed by atoms with E-state index in [0.717, 1.165) is 7.11 Å².